The lowest BCUT2D eigenvalue weighted by Gasteiger charge is -2.14. The van der Waals surface area contributed by atoms with Crippen LogP contribution in [0.2, 0.25) is 5.02 Å². The van der Waals surface area contributed by atoms with Crippen molar-refractivity contribution in [1.82, 2.24) is 10.6 Å². The van der Waals surface area contributed by atoms with Gasteiger partial charge in [0.05, 0.1) is 23.1 Å². The second-order valence-electron chi connectivity index (χ2n) is 5.43. The summed E-state index contributed by atoms with van der Waals surface area (Å²) in [5, 5.41) is 8.99. The molecule has 136 valence electrons. The van der Waals surface area contributed by atoms with Crippen molar-refractivity contribution >= 4 is 41.5 Å². The van der Waals surface area contributed by atoms with Gasteiger partial charge in [-0.25, -0.2) is 0 Å². The van der Waals surface area contributed by atoms with E-state index in [2.05, 4.69) is 16.0 Å². The van der Waals surface area contributed by atoms with E-state index in [-0.39, 0.29) is 30.3 Å². The van der Waals surface area contributed by atoms with Gasteiger partial charge in [-0.3, -0.25) is 9.59 Å². The highest BCUT2D eigenvalue weighted by Crippen LogP contribution is 2.22. The summed E-state index contributed by atoms with van der Waals surface area (Å²) in [6, 6.07) is 6.44. The first-order chi connectivity index (χ1) is 11.4. The van der Waals surface area contributed by atoms with Crippen LogP contribution in [-0.4, -0.2) is 31.4 Å². The van der Waals surface area contributed by atoms with E-state index >= 15 is 0 Å². The highest BCUT2D eigenvalue weighted by Gasteiger charge is 2.17. The average molecular weight is 386 g/mol. The van der Waals surface area contributed by atoms with Crippen LogP contribution < -0.4 is 16.0 Å². The van der Waals surface area contributed by atoms with E-state index in [0.717, 1.165) is 0 Å². The predicted octanol–water partition coefficient (Wildman–Crippen LogP) is 3.25. The number of hydrogen-bond acceptors (Lipinski definition) is 4. The molecule has 8 heteroatoms. The number of halogens is 2. The number of carbonyl (C=O) groups is 2. The monoisotopic (exact) mass is 385 g/mol. The lowest BCUT2D eigenvalue weighted by atomic mass is 10.1. The Morgan fingerprint density at radius 3 is 2.52 bits per heavy atom. The largest absolute Gasteiger partial charge is 0.469 e. The summed E-state index contributed by atoms with van der Waals surface area (Å²) in [4.78, 5) is 24.7. The number of rotatable bonds is 6. The molecule has 0 saturated carbocycles. The van der Waals surface area contributed by atoms with Gasteiger partial charge in [0, 0.05) is 17.6 Å². The molecule has 1 atom stereocenters. The third kappa shape index (κ3) is 5.49. The summed E-state index contributed by atoms with van der Waals surface area (Å²) in [5.74, 6) is -0.141. The minimum Gasteiger partial charge on any atom is -0.469 e. The molecule has 0 aliphatic rings. The average Bonchev–Trinajstić information content (AvgIpc) is 2.98. The molecule has 0 bridgehead atoms. The molecule has 2 amide bonds. The molecule has 1 aromatic carbocycles. The van der Waals surface area contributed by atoms with Crippen molar-refractivity contribution in [3.05, 3.63) is 52.4 Å². The van der Waals surface area contributed by atoms with E-state index in [0.29, 0.717) is 34.1 Å². The Labute approximate surface area is 157 Å². The van der Waals surface area contributed by atoms with Crippen LogP contribution in [0, 0.1) is 6.92 Å². The number of anilines is 1. The molecule has 1 heterocycles. The molecule has 1 unspecified atom stereocenters. The third-order valence-corrected chi connectivity index (χ3v) is 3.87. The van der Waals surface area contributed by atoms with Crippen molar-refractivity contribution in [3.63, 3.8) is 0 Å². The Balaban J connectivity index is 0.00000312. The Morgan fingerprint density at radius 2 is 1.92 bits per heavy atom. The summed E-state index contributed by atoms with van der Waals surface area (Å²) in [6.07, 6.45) is 1.44. The summed E-state index contributed by atoms with van der Waals surface area (Å²) < 4.78 is 5.13. The van der Waals surface area contributed by atoms with Gasteiger partial charge in [0.25, 0.3) is 11.8 Å². The van der Waals surface area contributed by atoms with E-state index in [9.17, 15) is 9.59 Å². The maximum Gasteiger partial charge on any atom is 0.259 e. The third-order valence-electron chi connectivity index (χ3n) is 3.64. The van der Waals surface area contributed by atoms with Crippen molar-refractivity contribution in [3.8, 4) is 0 Å². The first-order valence-corrected chi connectivity index (χ1v) is 7.90. The normalized spacial score (nSPS) is 11.4. The summed E-state index contributed by atoms with van der Waals surface area (Å²) >= 11 is 6.00. The zero-order valence-corrected chi connectivity index (χ0v) is 15.8. The molecule has 0 radical (unpaired) electrons. The molecular weight excluding hydrogens is 365 g/mol. The molecular formula is C17H21Cl2N3O3. The van der Waals surface area contributed by atoms with Crippen LogP contribution in [-0.2, 0) is 0 Å². The number of likely N-dealkylation sites (N-methyl/N-ethyl adjacent to an activating group) is 1. The molecule has 0 aliphatic carbocycles. The fourth-order valence-electron chi connectivity index (χ4n) is 2.07. The summed E-state index contributed by atoms with van der Waals surface area (Å²) in [7, 11) is 1.82. The Bertz CT molecular complexity index is 746. The maximum atomic E-state index is 12.4. The van der Waals surface area contributed by atoms with E-state index in [1.807, 2.05) is 14.0 Å². The van der Waals surface area contributed by atoms with Crippen LogP contribution in [0.1, 0.15) is 33.4 Å². The minimum atomic E-state index is -0.360. The van der Waals surface area contributed by atoms with Crippen molar-refractivity contribution in [2.75, 3.05) is 18.9 Å². The van der Waals surface area contributed by atoms with Crippen LogP contribution >= 0.6 is 24.0 Å². The highest BCUT2D eigenvalue weighted by molar-refractivity contribution is 6.31. The molecule has 6 nitrogen and oxygen atoms in total. The van der Waals surface area contributed by atoms with Crippen molar-refractivity contribution in [2.45, 2.75) is 19.9 Å². The summed E-state index contributed by atoms with van der Waals surface area (Å²) in [5.41, 5.74) is 1.10. The topological polar surface area (TPSA) is 83.4 Å². The molecule has 2 rings (SSSR count). The van der Waals surface area contributed by atoms with Crippen LogP contribution in [0.4, 0.5) is 5.69 Å². The van der Waals surface area contributed by atoms with Gasteiger partial charge in [0.1, 0.15) is 5.76 Å². The molecule has 3 N–H and O–H groups in total. The Morgan fingerprint density at radius 1 is 1.20 bits per heavy atom. The lowest BCUT2D eigenvalue weighted by molar-refractivity contribution is 0.0951. The first kappa shape index (κ1) is 21.0. The number of benzene rings is 1. The van der Waals surface area contributed by atoms with E-state index < -0.39 is 0 Å². The van der Waals surface area contributed by atoms with Crippen molar-refractivity contribution in [1.29, 1.82) is 0 Å². The fraction of sp³-hybridized carbons (Fsp3) is 0.294. The zero-order chi connectivity index (χ0) is 17.7. The number of amides is 2. The van der Waals surface area contributed by atoms with E-state index in [1.165, 1.54) is 6.26 Å². The predicted molar refractivity (Wildman–Crippen MR) is 101 cm³/mol. The smallest absolute Gasteiger partial charge is 0.259 e. The fourth-order valence-corrected chi connectivity index (χ4v) is 2.24. The van der Waals surface area contributed by atoms with Crippen molar-refractivity contribution in [2.24, 2.45) is 0 Å². The lowest BCUT2D eigenvalue weighted by Crippen LogP contribution is -2.37. The van der Waals surface area contributed by atoms with Crippen LogP contribution in [0.3, 0.4) is 0 Å². The minimum absolute atomic E-state index is 0. The van der Waals surface area contributed by atoms with Gasteiger partial charge < -0.3 is 20.4 Å². The molecule has 0 saturated heterocycles. The molecule has 1 aromatic heterocycles. The van der Waals surface area contributed by atoms with E-state index in [1.54, 1.807) is 31.2 Å². The molecule has 0 spiro atoms. The number of carbonyl (C=O) groups excluding carboxylic acids is 2. The first-order valence-electron chi connectivity index (χ1n) is 7.52. The van der Waals surface area contributed by atoms with Crippen LogP contribution in [0.5, 0.6) is 0 Å². The van der Waals surface area contributed by atoms with Gasteiger partial charge >= 0.3 is 0 Å². The van der Waals surface area contributed by atoms with Crippen LogP contribution in [0.15, 0.2) is 34.9 Å². The Hall–Kier alpha value is -2.02. The second kappa shape index (κ2) is 9.46. The van der Waals surface area contributed by atoms with Gasteiger partial charge in [-0.15, -0.1) is 12.4 Å². The number of hydrogen-bond donors (Lipinski definition) is 3. The van der Waals surface area contributed by atoms with Crippen molar-refractivity contribution < 1.29 is 14.0 Å². The summed E-state index contributed by atoms with van der Waals surface area (Å²) in [6.45, 7) is 4.11. The maximum absolute atomic E-state index is 12.4. The number of nitrogens with one attached hydrogen (secondary N) is 3. The zero-order valence-electron chi connectivity index (χ0n) is 14.2. The van der Waals surface area contributed by atoms with Gasteiger partial charge in [-0.05, 0) is 45.2 Å². The SMILES string of the molecule is CNC(C)CNC(=O)c1ccc(Cl)cc1NC(=O)c1ccoc1C.Cl. The quantitative estimate of drug-likeness (QED) is 0.712. The van der Waals surface area contributed by atoms with Gasteiger partial charge in [0.2, 0.25) is 0 Å². The van der Waals surface area contributed by atoms with Gasteiger partial charge in [-0.1, -0.05) is 11.6 Å². The molecule has 0 aliphatic heterocycles. The number of aryl methyl sites for hydroxylation is 1. The molecule has 2 aromatic rings. The van der Waals surface area contributed by atoms with Crippen LogP contribution in [0.25, 0.3) is 0 Å². The second-order valence-corrected chi connectivity index (χ2v) is 5.87. The Kier molecular flexibility index (Phi) is 7.96. The van der Waals surface area contributed by atoms with Gasteiger partial charge in [-0.2, -0.15) is 0 Å². The van der Waals surface area contributed by atoms with Gasteiger partial charge in [0.15, 0.2) is 0 Å². The van der Waals surface area contributed by atoms with E-state index in [4.69, 9.17) is 16.0 Å². The number of furan rings is 1. The standard InChI is InChI=1S/C17H20ClN3O3.ClH/c1-10(19-3)9-20-16(22)14-5-4-12(18)8-15(14)21-17(23)13-6-7-24-11(13)2;/h4-8,10,19H,9H2,1-3H3,(H,20,22)(H,21,23);1H. The molecule has 0 fully saturated rings. The highest BCUT2D eigenvalue weighted by atomic mass is 35.5. The molecule has 25 heavy (non-hydrogen) atoms.